The topological polar surface area (TPSA) is 47.6 Å². The van der Waals surface area contributed by atoms with Gasteiger partial charge in [0.05, 0.1) is 5.41 Å². The zero-order valence-electron chi connectivity index (χ0n) is 12.4. The van der Waals surface area contributed by atoms with Crippen LogP contribution in [-0.4, -0.2) is 25.2 Å². The molecular formula is C16H23NO3. The van der Waals surface area contributed by atoms with Gasteiger partial charge in [-0.1, -0.05) is 0 Å². The minimum Gasteiger partial charge on any atom is -0.490 e. The average molecular weight is 277 g/mol. The monoisotopic (exact) mass is 277 g/mol. The molecule has 2 rings (SSSR count). The lowest BCUT2D eigenvalue weighted by Gasteiger charge is -2.24. The number of esters is 1. The fourth-order valence-electron chi connectivity index (χ4n) is 1.95. The van der Waals surface area contributed by atoms with Gasteiger partial charge in [-0.15, -0.1) is 0 Å². The molecule has 4 nitrogen and oxygen atoms in total. The SMILES string of the molecule is CC(C)(C)C(=O)Oc1ccc(OC2CCNCC2)cc1. The van der Waals surface area contributed by atoms with Crippen molar-refractivity contribution in [2.24, 2.45) is 5.41 Å². The third-order valence-corrected chi connectivity index (χ3v) is 3.24. The average Bonchev–Trinajstić information content (AvgIpc) is 2.41. The molecule has 4 heteroatoms. The lowest BCUT2D eigenvalue weighted by Crippen LogP contribution is -2.34. The molecule has 20 heavy (non-hydrogen) atoms. The predicted octanol–water partition coefficient (Wildman–Crippen LogP) is 2.77. The number of carbonyl (C=O) groups is 1. The first kappa shape index (κ1) is 14.9. The summed E-state index contributed by atoms with van der Waals surface area (Å²) in [5, 5.41) is 3.31. The van der Waals surface area contributed by atoms with Gasteiger partial charge in [0.15, 0.2) is 0 Å². The summed E-state index contributed by atoms with van der Waals surface area (Å²) in [5.74, 6) is 1.15. The van der Waals surface area contributed by atoms with E-state index in [9.17, 15) is 4.79 Å². The summed E-state index contributed by atoms with van der Waals surface area (Å²) in [4.78, 5) is 11.8. The number of hydrogen-bond donors (Lipinski definition) is 1. The Morgan fingerprint density at radius 2 is 1.65 bits per heavy atom. The number of carbonyl (C=O) groups excluding carboxylic acids is 1. The van der Waals surface area contributed by atoms with E-state index in [1.54, 1.807) is 12.1 Å². The minimum atomic E-state index is -0.496. The van der Waals surface area contributed by atoms with Crippen LogP contribution >= 0.6 is 0 Å². The number of piperidine rings is 1. The summed E-state index contributed by atoms with van der Waals surface area (Å²) >= 11 is 0. The van der Waals surface area contributed by atoms with Gasteiger partial charge in [-0.25, -0.2) is 0 Å². The van der Waals surface area contributed by atoms with Crippen molar-refractivity contribution in [1.29, 1.82) is 0 Å². The quantitative estimate of drug-likeness (QED) is 0.681. The Hall–Kier alpha value is -1.55. The summed E-state index contributed by atoms with van der Waals surface area (Å²) in [6, 6.07) is 7.26. The Kier molecular flexibility index (Phi) is 4.65. The first-order valence-corrected chi connectivity index (χ1v) is 7.15. The summed E-state index contributed by atoms with van der Waals surface area (Å²) in [5.41, 5.74) is -0.496. The van der Waals surface area contributed by atoms with E-state index in [4.69, 9.17) is 9.47 Å². The maximum Gasteiger partial charge on any atom is 0.316 e. The number of hydrogen-bond acceptors (Lipinski definition) is 4. The molecule has 0 spiro atoms. The molecule has 0 unspecified atom stereocenters. The molecule has 1 fully saturated rings. The number of nitrogens with one attached hydrogen (secondary N) is 1. The van der Waals surface area contributed by atoms with E-state index in [0.29, 0.717) is 5.75 Å². The van der Waals surface area contributed by atoms with E-state index in [1.165, 1.54) is 0 Å². The van der Waals surface area contributed by atoms with Crippen molar-refractivity contribution in [1.82, 2.24) is 5.32 Å². The molecule has 1 aliphatic rings. The maximum atomic E-state index is 11.8. The Balaban J connectivity index is 1.91. The van der Waals surface area contributed by atoms with Crippen LogP contribution in [0, 0.1) is 5.41 Å². The van der Waals surface area contributed by atoms with Gasteiger partial charge in [-0.2, -0.15) is 0 Å². The first-order chi connectivity index (χ1) is 9.45. The zero-order chi connectivity index (χ0) is 14.6. The van der Waals surface area contributed by atoms with Crippen molar-refractivity contribution in [2.75, 3.05) is 13.1 Å². The van der Waals surface area contributed by atoms with E-state index in [2.05, 4.69) is 5.32 Å². The summed E-state index contributed by atoms with van der Waals surface area (Å²) in [6.45, 7) is 7.52. The second-order valence-corrected chi connectivity index (χ2v) is 6.18. The van der Waals surface area contributed by atoms with Crippen LogP contribution in [0.15, 0.2) is 24.3 Å². The zero-order valence-corrected chi connectivity index (χ0v) is 12.4. The van der Waals surface area contributed by atoms with Crippen LogP contribution < -0.4 is 14.8 Å². The molecule has 0 saturated carbocycles. The van der Waals surface area contributed by atoms with Crippen molar-refractivity contribution in [2.45, 2.75) is 39.7 Å². The van der Waals surface area contributed by atoms with Crippen LogP contribution in [-0.2, 0) is 4.79 Å². The summed E-state index contributed by atoms with van der Waals surface area (Å²) in [7, 11) is 0. The van der Waals surface area contributed by atoms with Crippen LogP contribution in [0.4, 0.5) is 0 Å². The van der Waals surface area contributed by atoms with E-state index < -0.39 is 5.41 Å². The second-order valence-electron chi connectivity index (χ2n) is 6.18. The molecule has 0 aliphatic carbocycles. The largest absolute Gasteiger partial charge is 0.490 e. The van der Waals surface area contributed by atoms with E-state index >= 15 is 0 Å². The summed E-state index contributed by atoms with van der Waals surface area (Å²) < 4.78 is 11.2. The lowest BCUT2D eigenvalue weighted by atomic mass is 9.97. The van der Waals surface area contributed by atoms with Gasteiger partial charge >= 0.3 is 5.97 Å². The third-order valence-electron chi connectivity index (χ3n) is 3.24. The van der Waals surface area contributed by atoms with Crippen LogP contribution in [0.25, 0.3) is 0 Å². The Morgan fingerprint density at radius 1 is 1.10 bits per heavy atom. The first-order valence-electron chi connectivity index (χ1n) is 7.15. The fourth-order valence-corrected chi connectivity index (χ4v) is 1.95. The van der Waals surface area contributed by atoms with Gasteiger partial charge in [0.2, 0.25) is 0 Å². The molecule has 0 radical (unpaired) electrons. The molecule has 0 bridgehead atoms. The number of rotatable bonds is 3. The molecule has 0 aromatic heterocycles. The van der Waals surface area contributed by atoms with Crippen LogP contribution in [0.3, 0.4) is 0 Å². The summed E-state index contributed by atoms with van der Waals surface area (Å²) in [6.07, 6.45) is 2.33. The van der Waals surface area contributed by atoms with Gasteiger partial charge in [0.1, 0.15) is 17.6 Å². The molecule has 1 saturated heterocycles. The van der Waals surface area contributed by atoms with Gasteiger partial charge < -0.3 is 14.8 Å². The third kappa shape index (κ3) is 4.23. The van der Waals surface area contributed by atoms with E-state index in [1.807, 2.05) is 32.9 Å². The molecule has 1 aliphatic heterocycles. The van der Waals surface area contributed by atoms with Crippen molar-refractivity contribution in [3.8, 4) is 11.5 Å². The minimum absolute atomic E-state index is 0.232. The van der Waals surface area contributed by atoms with Gasteiger partial charge in [0, 0.05) is 0 Å². The normalized spacial score (nSPS) is 16.8. The highest BCUT2D eigenvalue weighted by atomic mass is 16.5. The highest BCUT2D eigenvalue weighted by Crippen LogP contribution is 2.23. The van der Waals surface area contributed by atoms with Crippen molar-refractivity contribution in [3.05, 3.63) is 24.3 Å². The number of benzene rings is 1. The molecule has 110 valence electrons. The highest BCUT2D eigenvalue weighted by Gasteiger charge is 2.23. The van der Waals surface area contributed by atoms with E-state index in [-0.39, 0.29) is 12.1 Å². The molecule has 1 aromatic carbocycles. The van der Waals surface area contributed by atoms with Crippen molar-refractivity contribution in [3.63, 3.8) is 0 Å². The smallest absolute Gasteiger partial charge is 0.316 e. The number of ether oxygens (including phenoxy) is 2. The molecular weight excluding hydrogens is 254 g/mol. The van der Waals surface area contributed by atoms with Crippen LogP contribution in [0.2, 0.25) is 0 Å². The van der Waals surface area contributed by atoms with Gasteiger partial charge in [-0.05, 0) is 71.0 Å². The Labute approximate surface area is 120 Å². The Morgan fingerprint density at radius 3 is 2.20 bits per heavy atom. The standard InChI is InChI=1S/C16H23NO3/c1-16(2,3)15(18)20-13-6-4-12(5-7-13)19-14-8-10-17-11-9-14/h4-7,14,17H,8-11H2,1-3H3. The molecule has 1 heterocycles. The second kappa shape index (κ2) is 6.27. The fraction of sp³-hybridized carbons (Fsp3) is 0.562. The predicted molar refractivity (Wildman–Crippen MR) is 78.1 cm³/mol. The molecule has 1 N–H and O–H groups in total. The molecule has 0 amide bonds. The van der Waals surface area contributed by atoms with Gasteiger partial charge in [0.25, 0.3) is 0 Å². The van der Waals surface area contributed by atoms with Crippen LogP contribution in [0.1, 0.15) is 33.6 Å². The van der Waals surface area contributed by atoms with Crippen molar-refractivity contribution >= 4 is 5.97 Å². The maximum absolute atomic E-state index is 11.8. The van der Waals surface area contributed by atoms with E-state index in [0.717, 1.165) is 31.7 Å². The van der Waals surface area contributed by atoms with Gasteiger partial charge in [-0.3, -0.25) is 4.79 Å². The van der Waals surface area contributed by atoms with Crippen molar-refractivity contribution < 1.29 is 14.3 Å². The van der Waals surface area contributed by atoms with Crippen LogP contribution in [0.5, 0.6) is 11.5 Å². The molecule has 1 aromatic rings. The molecule has 0 atom stereocenters. The lowest BCUT2D eigenvalue weighted by molar-refractivity contribution is -0.143. The highest BCUT2D eigenvalue weighted by molar-refractivity contribution is 5.77. The Bertz CT molecular complexity index is 442.